The molecule has 2 nitrogen and oxygen atoms in total. The van der Waals surface area contributed by atoms with Crippen molar-refractivity contribution in [1.82, 2.24) is 0 Å². The third-order valence-corrected chi connectivity index (χ3v) is 3.51. The Kier molecular flexibility index (Phi) is 4.27. The van der Waals surface area contributed by atoms with E-state index in [-0.39, 0.29) is 5.91 Å². The summed E-state index contributed by atoms with van der Waals surface area (Å²) in [5.41, 5.74) is 2.57. The summed E-state index contributed by atoms with van der Waals surface area (Å²) in [6.45, 7) is 2.01. The maximum Gasteiger partial charge on any atom is 0.258 e. The number of amides is 1. The van der Waals surface area contributed by atoms with Gasteiger partial charge in [-0.3, -0.25) is 4.79 Å². The number of hydrogen-bond acceptors (Lipinski definition) is 1. The van der Waals surface area contributed by atoms with Gasteiger partial charge in [-0.15, -0.1) is 0 Å². The Bertz CT molecular complexity index is 590. The molecule has 0 atom stereocenters. The normalized spacial score (nSPS) is 10.3. The van der Waals surface area contributed by atoms with Gasteiger partial charge in [-0.25, -0.2) is 0 Å². The topological polar surface area (TPSA) is 20.3 Å². The van der Waals surface area contributed by atoms with Gasteiger partial charge in [-0.2, -0.15) is 0 Å². The summed E-state index contributed by atoms with van der Waals surface area (Å²) in [7, 11) is 1.75. The van der Waals surface area contributed by atoms with E-state index in [0.717, 1.165) is 15.7 Å². The zero-order valence-corrected chi connectivity index (χ0v) is 13.0. The summed E-state index contributed by atoms with van der Waals surface area (Å²) >= 11 is 9.31. The molecule has 4 heteroatoms. The first kappa shape index (κ1) is 14.1. The lowest BCUT2D eigenvalue weighted by atomic mass is 10.1. The van der Waals surface area contributed by atoms with Gasteiger partial charge in [-0.05, 0) is 37.3 Å². The van der Waals surface area contributed by atoms with Crippen LogP contribution in [0.25, 0.3) is 0 Å². The number of nitrogens with zero attached hydrogens (tertiary/aromatic N) is 1. The van der Waals surface area contributed by atoms with Crippen LogP contribution in [0.2, 0.25) is 5.02 Å². The van der Waals surface area contributed by atoms with Crippen LogP contribution in [0.3, 0.4) is 0 Å². The first-order chi connectivity index (χ1) is 8.97. The second kappa shape index (κ2) is 5.76. The van der Waals surface area contributed by atoms with Crippen molar-refractivity contribution in [1.29, 1.82) is 0 Å². The molecule has 2 aromatic carbocycles. The van der Waals surface area contributed by atoms with Crippen molar-refractivity contribution in [3.63, 3.8) is 0 Å². The van der Waals surface area contributed by atoms with E-state index in [1.54, 1.807) is 30.1 Å². The van der Waals surface area contributed by atoms with Crippen LogP contribution in [-0.4, -0.2) is 13.0 Å². The van der Waals surface area contributed by atoms with E-state index < -0.39 is 0 Å². The van der Waals surface area contributed by atoms with E-state index >= 15 is 0 Å². The van der Waals surface area contributed by atoms with Gasteiger partial charge in [0, 0.05) is 27.8 Å². The Labute approximate surface area is 126 Å². The molecule has 0 heterocycles. The molecule has 1 amide bonds. The van der Waals surface area contributed by atoms with Gasteiger partial charge in [0.15, 0.2) is 0 Å². The summed E-state index contributed by atoms with van der Waals surface area (Å²) in [6.07, 6.45) is 0. The van der Waals surface area contributed by atoms with Gasteiger partial charge in [0.2, 0.25) is 0 Å². The first-order valence-corrected chi connectivity index (χ1v) is 6.95. The van der Waals surface area contributed by atoms with Gasteiger partial charge in [0.05, 0.1) is 0 Å². The highest BCUT2D eigenvalue weighted by molar-refractivity contribution is 9.10. The Balaban J connectivity index is 2.30. The maximum absolute atomic E-state index is 12.4. The molecule has 19 heavy (non-hydrogen) atoms. The lowest BCUT2D eigenvalue weighted by Gasteiger charge is -2.18. The summed E-state index contributed by atoms with van der Waals surface area (Å²) < 4.78 is 0.792. The van der Waals surface area contributed by atoms with Crippen molar-refractivity contribution in [2.24, 2.45) is 0 Å². The van der Waals surface area contributed by atoms with Gasteiger partial charge in [0.25, 0.3) is 5.91 Å². The molecule has 0 aliphatic carbocycles. The van der Waals surface area contributed by atoms with Crippen molar-refractivity contribution < 1.29 is 4.79 Å². The summed E-state index contributed by atoms with van der Waals surface area (Å²) in [5.74, 6) is -0.0907. The summed E-state index contributed by atoms with van der Waals surface area (Å²) in [6, 6.07) is 13.0. The fraction of sp³-hybridized carbons (Fsp3) is 0.133. The van der Waals surface area contributed by atoms with Crippen molar-refractivity contribution in [2.45, 2.75) is 6.92 Å². The third-order valence-electron chi connectivity index (χ3n) is 2.84. The molecule has 0 radical (unpaired) electrons. The van der Waals surface area contributed by atoms with Crippen LogP contribution >= 0.6 is 27.5 Å². The molecule has 0 aliphatic heterocycles. The minimum absolute atomic E-state index is 0.0907. The van der Waals surface area contributed by atoms with E-state index in [9.17, 15) is 4.79 Å². The number of hydrogen-bond donors (Lipinski definition) is 0. The molecule has 0 N–H and O–H groups in total. The third kappa shape index (κ3) is 3.37. The molecule has 0 unspecified atom stereocenters. The molecule has 0 saturated carbocycles. The van der Waals surface area contributed by atoms with Crippen molar-refractivity contribution in [3.8, 4) is 0 Å². The number of anilines is 1. The largest absolute Gasteiger partial charge is 0.311 e. The monoisotopic (exact) mass is 337 g/mol. The minimum Gasteiger partial charge on any atom is -0.311 e. The molecular formula is C15H13BrClNO. The zero-order chi connectivity index (χ0) is 14.0. The van der Waals surface area contributed by atoms with Crippen LogP contribution in [0.1, 0.15) is 15.9 Å². The van der Waals surface area contributed by atoms with Crippen LogP contribution in [0, 0.1) is 6.92 Å². The second-order valence-corrected chi connectivity index (χ2v) is 5.71. The predicted octanol–water partition coefficient (Wildman–Crippen LogP) is 4.69. The molecule has 0 aromatic heterocycles. The van der Waals surface area contributed by atoms with Crippen molar-refractivity contribution in [2.75, 3.05) is 11.9 Å². The smallest absolute Gasteiger partial charge is 0.258 e. The summed E-state index contributed by atoms with van der Waals surface area (Å²) in [5, 5.41) is 0.537. The van der Waals surface area contributed by atoms with Gasteiger partial charge in [-0.1, -0.05) is 45.2 Å². The number of halogens is 2. The standard InChI is InChI=1S/C15H13BrClNO/c1-10-3-5-14(6-4-10)18(2)15(19)11-7-12(16)9-13(17)8-11/h3-9H,1-2H3. The minimum atomic E-state index is -0.0907. The molecule has 0 fully saturated rings. The highest BCUT2D eigenvalue weighted by Crippen LogP contribution is 2.22. The average molecular weight is 339 g/mol. The fourth-order valence-electron chi connectivity index (χ4n) is 1.76. The molecule has 0 saturated heterocycles. The molecule has 0 spiro atoms. The lowest BCUT2D eigenvalue weighted by Crippen LogP contribution is -2.26. The van der Waals surface area contributed by atoms with E-state index in [2.05, 4.69) is 15.9 Å². The number of aryl methyl sites for hydroxylation is 1. The summed E-state index contributed by atoms with van der Waals surface area (Å²) in [4.78, 5) is 14.0. The molecule has 98 valence electrons. The van der Waals surface area contributed by atoms with Crippen LogP contribution in [0.4, 0.5) is 5.69 Å². The van der Waals surface area contributed by atoms with E-state index in [0.29, 0.717) is 10.6 Å². The van der Waals surface area contributed by atoms with E-state index in [1.165, 1.54) is 0 Å². The van der Waals surface area contributed by atoms with E-state index in [1.807, 2.05) is 31.2 Å². The quantitative estimate of drug-likeness (QED) is 0.778. The molecular weight excluding hydrogens is 326 g/mol. The Morgan fingerprint density at radius 3 is 2.37 bits per heavy atom. The van der Waals surface area contributed by atoms with Crippen LogP contribution in [0.5, 0.6) is 0 Å². The molecule has 0 aliphatic rings. The van der Waals surface area contributed by atoms with E-state index in [4.69, 9.17) is 11.6 Å². The van der Waals surface area contributed by atoms with Gasteiger partial charge >= 0.3 is 0 Å². The first-order valence-electron chi connectivity index (χ1n) is 5.78. The van der Waals surface area contributed by atoms with Crippen molar-refractivity contribution in [3.05, 3.63) is 63.1 Å². The molecule has 0 bridgehead atoms. The Hall–Kier alpha value is -1.32. The molecule has 2 rings (SSSR count). The fourth-order valence-corrected chi connectivity index (χ4v) is 2.62. The molecule has 2 aromatic rings. The highest BCUT2D eigenvalue weighted by Gasteiger charge is 2.14. The maximum atomic E-state index is 12.4. The zero-order valence-electron chi connectivity index (χ0n) is 10.7. The number of benzene rings is 2. The van der Waals surface area contributed by atoms with Gasteiger partial charge in [0.1, 0.15) is 0 Å². The Morgan fingerprint density at radius 1 is 1.16 bits per heavy atom. The van der Waals surface area contributed by atoms with Crippen LogP contribution < -0.4 is 4.90 Å². The SMILES string of the molecule is Cc1ccc(N(C)C(=O)c2cc(Cl)cc(Br)c2)cc1. The van der Waals surface area contributed by atoms with Crippen LogP contribution in [-0.2, 0) is 0 Å². The van der Waals surface area contributed by atoms with Crippen LogP contribution in [0.15, 0.2) is 46.9 Å². The second-order valence-electron chi connectivity index (χ2n) is 4.36. The number of carbonyl (C=O) groups is 1. The van der Waals surface area contributed by atoms with Gasteiger partial charge < -0.3 is 4.90 Å². The Morgan fingerprint density at radius 2 is 1.79 bits per heavy atom. The lowest BCUT2D eigenvalue weighted by molar-refractivity contribution is 0.0993. The highest BCUT2D eigenvalue weighted by atomic mass is 79.9. The number of carbonyl (C=O) groups excluding carboxylic acids is 1. The average Bonchev–Trinajstić information content (AvgIpc) is 2.37. The number of rotatable bonds is 2. The van der Waals surface area contributed by atoms with Crippen molar-refractivity contribution >= 4 is 39.1 Å². The predicted molar refractivity (Wildman–Crippen MR) is 83.1 cm³/mol.